The first-order valence-electron chi connectivity index (χ1n) is 12.2. The number of likely N-dealkylation sites (tertiary alicyclic amines) is 1. The highest BCUT2D eigenvalue weighted by atomic mass is 32.2. The normalized spacial score (nSPS) is 23.4. The summed E-state index contributed by atoms with van der Waals surface area (Å²) in [4.78, 5) is 19.4. The van der Waals surface area contributed by atoms with Crippen LogP contribution in [0.15, 0.2) is 53.4 Å². The number of carbonyl (C=O) groups excluding carboxylic acids is 1. The lowest BCUT2D eigenvalue weighted by Gasteiger charge is -2.39. The summed E-state index contributed by atoms with van der Waals surface area (Å²) in [6.45, 7) is 6.61. The van der Waals surface area contributed by atoms with E-state index >= 15 is 0 Å². The lowest BCUT2D eigenvalue weighted by Crippen LogP contribution is -2.44. The summed E-state index contributed by atoms with van der Waals surface area (Å²) < 4.78 is 0. The Labute approximate surface area is 202 Å². The van der Waals surface area contributed by atoms with E-state index in [0.29, 0.717) is 17.6 Å². The highest BCUT2D eigenvalue weighted by Gasteiger charge is 2.34. The molecule has 3 N–H and O–H groups in total. The van der Waals surface area contributed by atoms with Crippen LogP contribution in [0, 0.1) is 5.41 Å². The minimum Gasteiger partial charge on any atom is -0.384 e. The monoisotopic (exact) mass is 464 g/mol. The topological polar surface area (TPSA) is 73.4 Å². The molecule has 0 radical (unpaired) electrons. The highest BCUT2D eigenvalue weighted by molar-refractivity contribution is 8.00. The van der Waals surface area contributed by atoms with Gasteiger partial charge in [0.2, 0.25) is 5.91 Å². The van der Waals surface area contributed by atoms with Crippen LogP contribution >= 0.6 is 11.8 Å². The molecule has 2 aromatic rings. The fraction of sp³-hybridized carbons (Fsp3) is 0.481. The van der Waals surface area contributed by atoms with Gasteiger partial charge in [-0.3, -0.25) is 15.1 Å². The number of para-hydroxylation sites is 1. The molecule has 2 aliphatic rings. The first kappa shape index (κ1) is 23.8. The van der Waals surface area contributed by atoms with Crippen LogP contribution in [0.4, 0.5) is 5.69 Å². The summed E-state index contributed by atoms with van der Waals surface area (Å²) in [5.74, 6) is 0.150. The Morgan fingerprint density at radius 2 is 1.76 bits per heavy atom. The number of hydrogen-bond donors (Lipinski definition) is 2. The summed E-state index contributed by atoms with van der Waals surface area (Å²) in [5, 5.41) is 7.44. The molecule has 3 atom stereocenters. The molecule has 0 saturated carbocycles. The first-order valence-corrected chi connectivity index (χ1v) is 13.1. The fourth-order valence-corrected chi connectivity index (χ4v) is 6.41. The van der Waals surface area contributed by atoms with Crippen LogP contribution in [0.3, 0.4) is 0 Å². The first-order chi connectivity index (χ1) is 16.0. The van der Waals surface area contributed by atoms with Crippen molar-refractivity contribution in [2.45, 2.75) is 74.6 Å². The molecule has 33 heavy (non-hydrogen) atoms. The number of amidine groups is 1. The molecular weight excluding hydrogens is 428 g/mol. The zero-order valence-electron chi connectivity index (χ0n) is 19.8. The van der Waals surface area contributed by atoms with Crippen molar-refractivity contribution in [2.24, 2.45) is 5.73 Å². The van der Waals surface area contributed by atoms with Crippen molar-refractivity contribution in [2.75, 3.05) is 18.0 Å². The number of carbonyl (C=O) groups is 1. The number of fused-ring (bicyclic) bond motifs is 1. The molecular formula is C27H36N4OS. The molecule has 0 spiro atoms. The number of thioether (sulfide) groups is 1. The summed E-state index contributed by atoms with van der Waals surface area (Å²) >= 11 is 1.60. The SMILES string of the molecule is CC1CCCC(C)N1CCCCCN1C(=O)C(c2cccc(C(=N)N)c2)Sc2ccccc21. The number of unbranched alkanes of at least 4 members (excludes halogenated alkanes) is 2. The average Bonchev–Trinajstić information content (AvgIpc) is 2.81. The van der Waals surface area contributed by atoms with E-state index in [-0.39, 0.29) is 17.0 Å². The molecule has 5 nitrogen and oxygen atoms in total. The number of nitrogens with zero attached hydrogens (tertiary/aromatic N) is 2. The second-order valence-corrected chi connectivity index (χ2v) is 10.6. The molecule has 6 heteroatoms. The molecule has 176 valence electrons. The van der Waals surface area contributed by atoms with Crippen molar-refractivity contribution in [1.82, 2.24) is 4.90 Å². The van der Waals surface area contributed by atoms with Crippen molar-refractivity contribution in [3.05, 3.63) is 59.7 Å². The van der Waals surface area contributed by atoms with E-state index in [1.165, 1.54) is 25.7 Å². The van der Waals surface area contributed by atoms with E-state index in [1.54, 1.807) is 11.8 Å². The molecule has 0 bridgehead atoms. The molecule has 4 rings (SSSR count). The summed E-state index contributed by atoms with van der Waals surface area (Å²) in [6, 6.07) is 17.1. The van der Waals surface area contributed by atoms with E-state index in [0.717, 1.165) is 42.1 Å². The largest absolute Gasteiger partial charge is 0.384 e. The van der Waals surface area contributed by atoms with Gasteiger partial charge in [0.25, 0.3) is 0 Å². The van der Waals surface area contributed by atoms with Crippen LogP contribution in [0.1, 0.15) is 68.7 Å². The summed E-state index contributed by atoms with van der Waals surface area (Å²) in [5.41, 5.74) is 8.28. The number of anilines is 1. The minimum absolute atomic E-state index is 0.0275. The third-order valence-electron chi connectivity index (χ3n) is 7.07. The summed E-state index contributed by atoms with van der Waals surface area (Å²) in [6.07, 6.45) is 7.28. The number of benzene rings is 2. The van der Waals surface area contributed by atoms with Crippen molar-refractivity contribution in [1.29, 1.82) is 5.41 Å². The number of nitrogens with two attached hydrogens (primary N) is 1. The zero-order valence-corrected chi connectivity index (χ0v) is 20.6. The van der Waals surface area contributed by atoms with Crippen LogP contribution in [-0.4, -0.2) is 41.8 Å². The van der Waals surface area contributed by atoms with Crippen LogP contribution in [-0.2, 0) is 4.79 Å². The van der Waals surface area contributed by atoms with Gasteiger partial charge in [-0.1, -0.05) is 43.2 Å². The number of hydrogen-bond acceptors (Lipinski definition) is 4. The van der Waals surface area contributed by atoms with Gasteiger partial charge in [0, 0.05) is 29.1 Å². The number of nitrogens with one attached hydrogen (secondary N) is 1. The molecule has 0 aromatic heterocycles. The standard InChI is InChI=1S/C27H36N4OS/c1-19-10-8-11-20(2)30(19)16-6-3-7-17-31-23-14-4-5-15-24(23)33-25(27(31)32)21-12-9-13-22(18-21)26(28)29/h4-5,9,12-15,18-20,25H,3,6-8,10-11,16-17H2,1-2H3,(H3,28,29). The number of rotatable bonds is 8. The predicted octanol–water partition coefficient (Wildman–Crippen LogP) is 5.58. The van der Waals surface area contributed by atoms with E-state index in [9.17, 15) is 4.79 Å². The molecule has 1 fully saturated rings. The molecule has 0 aliphatic carbocycles. The van der Waals surface area contributed by atoms with Gasteiger partial charge >= 0.3 is 0 Å². The van der Waals surface area contributed by atoms with Gasteiger partial charge in [-0.25, -0.2) is 0 Å². The predicted molar refractivity (Wildman–Crippen MR) is 138 cm³/mol. The third-order valence-corrected chi connectivity index (χ3v) is 8.37. The van der Waals surface area contributed by atoms with Gasteiger partial charge in [-0.05, 0) is 69.8 Å². The Bertz CT molecular complexity index is 984. The lowest BCUT2D eigenvalue weighted by molar-refractivity contribution is -0.118. The quantitative estimate of drug-likeness (QED) is 0.304. The average molecular weight is 465 g/mol. The van der Waals surface area contributed by atoms with E-state index in [1.807, 2.05) is 41.3 Å². The van der Waals surface area contributed by atoms with Gasteiger partial charge in [0.1, 0.15) is 11.1 Å². The fourth-order valence-electron chi connectivity index (χ4n) is 5.18. The van der Waals surface area contributed by atoms with E-state index in [2.05, 4.69) is 30.9 Å². The van der Waals surface area contributed by atoms with E-state index in [4.69, 9.17) is 11.1 Å². The second-order valence-electron chi connectivity index (χ2n) is 9.42. The number of amides is 1. The Kier molecular flexibility index (Phi) is 7.76. The van der Waals surface area contributed by atoms with Crippen molar-refractivity contribution in [3.63, 3.8) is 0 Å². The molecule has 3 unspecified atom stereocenters. The molecule has 1 amide bonds. The van der Waals surface area contributed by atoms with Gasteiger partial charge in [0.15, 0.2) is 0 Å². The third kappa shape index (κ3) is 5.44. The van der Waals surface area contributed by atoms with Crippen molar-refractivity contribution >= 4 is 29.2 Å². The second kappa shape index (κ2) is 10.7. The van der Waals surface area contributed by atoms with Gasteiger partial charge in [-0.15, -0.1) is 11.8 Å². The highest BCUT2D eigenvalue weighted by Crippen LogP contribution is 2.46. The van der Waals surface area contributed by atoms with Crippen LogP contribution in [0.25, 0.3) is 0 Å². The minimum atomic E-state index is -0.311. The molecule has 2 aromatic carbocycles. The maximum Gasteiger partial charge on any atom is 0.245 e. The van der Waals surface area contributed by atoms with Crippen LogP contribution in [0.2, 0.25) is 0 Å². The Balaban J connectivity index is 1.42. The van der Waals surface area contributed by atoms with Gasteiger partial charge < -0.3 is 10.6 Å². The molecule has 1 saturated heterocycles. The van der Waals surface area contributed by atoms with Crippen molar-refractivity contribution in [3.8, 4) is 0 Å². The maximum absolute atomic E-state index is 13.6. The maximum atomic E-state index is 13.6. The number of nitrogen functional groups attached to an aromatic ring is 1. The van der Waals surface area contributed by atoms with Crippen LogP contribution in [0.5, 0.6) is 0 Å². The van der Waals surface area contributed by atoms with Gasteiger partial charge in [0.05, 0.1) is 5.69 Å². The van der Waals surface area contributed by atoms with Crippen LogP contribution < -0.4 is 10.6 Å². The smallest absolute Gasteiger partial charge is 0.245 e. The number of piperidine rings is 1. The zero-order chi connectivity index (χ0) is 23.4. The molecule has 2 heterocycles. The Morgan fingerprint density at radius 3 is 2.52 bits per heavy atom. The molecule has 2 aliphatic heterocycles. The summed E-state index contributed by atoms with van der Waals surface area (Å²) in [7, 11) is 0. The van der Waals surface area contributed by atoms with E-state index < -0.39 is 0 Å². The Hall–Kier alpha value is -2.31. The van der Waals surface area contributed by atoms with Gasteiger partial charge in [-0.2, -0.15) is 0 Å². The van der Waals surface area contributed by atoms with Crippen molar-refractivity contribution < 1.29 is 4.79 Å². The Morgan fingerprint density at radius 1 is 1.03 bits per heavy atom. The lowest BCUT2D eigenvalue weighted by atomic mass is 9.97.